The van der Waals surface area contributed by atoms with E-state index in [1.54, 1.807) is 29.2 Å². The number of rotatable bonds is 5. The molecule has 3 aromatic rings. The van der Waals surface area contributed by atoms with Crippen LogP contribution in [0.1, 0.15) is 43.0 Å². The molecule has 0 N–H and O–H groups in total. The SMILES string of the molecule is O=c1ccc(-c2ccncc2)nn1CC1CCCN1Cc1nc2c(o1)CCCC2. The van der Waals surface area contributed by atoms with Gasteiger partial charge in [-0.2, -0.15) is 5.10 Å². The van der Waals surface area contributed by atoms with E-state index in [1.165, 1.54) is 12.8 Å². The summed E-state index contributed by atoms with van der Waals surface area (Å²) in [7, 11) is 0. The van der Waals surface area contributed by atoms with E-state index in [4.69, 9.17) is 9.40 Å². The van der Waals surface area contributed by atoms with Crippen LogP contribution in [0.2, 0.25) is 0 Å². The van der Waals surface area contributed by atoms with Crippen molar-refractivity contribution >= 4 is 0 Å². The summed E-state index contributed by atoms with van der Waals surface area (Å²) in [4.78, 5) is 23.6. The number of aromatic nitrogens is 4. The topological polar surface area (TPSA) is 77.1 Å². The van der Waals surface area contributed by atoms with Crippen molar-refractivity contribution in [2.45, 2.75) is 57.7 Å². The van der Waals surface area contributed by atoms with E-state index in [0.717, 1.165) is 60.8 Å². The molecule has 0 amide bonds. The molecule has 1 unspecified atom stereocenters. The summed E-state index contributed by atoms with van der Waals surface area (Å²) in [6, 6.07) is 7.45. The number of likely N-dealkylation sites (tertiary alicyclic amines) is 1. The average molecular weight is 391 g/mol. The zero-order chi connectivity index (χ0) is 19.6. The molecule has 2 aliphatic rings. The minimum Gasteiger partial charge on any atom is -0.444 e. The summed E-state index contributed by atoms with van der Waals surface area (Å²) in [6.07, 6.45) is 10.1. The number of nitrogens with zero attached hydrogens (tertiary/aromatic N) is 5. The lowest BCUT2D eigenvalue weighted by Gasteiger charge is -2.23. The van der Waals surface area contributed by atoms with Crippen molar-refractivity contribution < 1.29 is 4.42 Å². The minimum absolute atomic E-state index is 0.0683. The highest BCUT2D eigenvalue weighted by molar-refractivity contribution is 5.56. The van der Waals surface area contributed by atoms with Gasteiger partial charge in [0.15, 0.2) is 0 Å². The predicted octanol–water partition coefficient (Wildman–Crippen LogP) is 2.84. The lowest BCUT2D eigenvalue weighted by atomic mass is 10.0. The second kappa shape index (κ2) is 7.91. The van der Waals surface area contributed by atoms with Crippen molar-refractivity contribution in [3.63, 3.8) is 0 Å². The highest BCUT2D eigenvalue weighted by Crippen LogP contribution is 2.25. The molecule has 0 saturated carbocycles. The van der Waals surface area contributed by atoms with E-state index in [1.807, 2.05) is 12.1 Å². The van der Waals surface area contributed by atoms with E-state index in [2.05, 4.69) is 15.0 Å². The monoisotopic (exact) mass is 391 g/mol. The molecule has 7 nitrogen and oxygen atoms in total. The molecule has 5 rings (SSSR count). The zero-order valence-corrected chi connectivity index (χ0v) is 16.5. The van der Waals surface area contributed by atoms with Gasteiger partial charge in [0.25, 0.3) is 5.56 Å². The second-order valence-electron chi connectivity index (χ2n) is 7.93. The Hall–Kier alpha value is -2.80. The Morgan fingerprint density at radius 3 is 2.79 bits per heavy atom. The molecule has 1 atom stereocenters. The van der Waals surface area contributed by atoms with Crippen LogP contribution in [0.5, 0.6) is 0 Å². The van der Waals surface area contributed by atoms with Gasteiger partial charge in [0.05, 0.1) is 24.5 Å². The Labute approximate surface area is 169 Å². The Balaban J connectivity index is 1.33. The quantitative estimate of drug-likeness (QED) is 0.666. The van der Waals surface area contributed by atoms with Crippen LogP contribution in [0.3, 0.4) is 0 Å². The van der Waals surface area contributed by atoms with Crippen molar-refractivity contribution in [2.75, 3.05) is 6.54 Å². The third-order valence-electron chi connectivity index (χ3n) is 5.95. The molecule has 1 fully saturated rings. The van der Waals surface area contributed by atoms with Crippen molar-refractivity contribution in [2.24, 2.45) is 0 Å². The van der Waals surface area contributed by atoms with Crippen molar-refractivity contribution in [1.82, 2.24) is 24.6 Å². The molecule has 1 saturated heterocycles. The van der Waals surface area contributed by atoms with E-state index in [0.29, 0.717) is 13.1 Å². The predicted molar refractivity (Wildman–Crippen MR) is 108 cm³/mol. The molecule has 29 heavy (non-hydrogen) atoms. The second-order valence-corrected chi connectivity index (χ2v) is 7.93. The summed E-state index contributed by atoms with van der Waals surface area (Å²) in [5, 5.41) is 4.61. The summed E-state index contributed by atoms with van der Waals surface area (Å²) in [6.45, 7) is 2.28. The van der Waals surface area contributed by atoms with Crippen LogP contribution in [0, 0.1) is 0 Å². The molecule has 150 valence electrons. The molecule has 4 heterocycles. The maximum absolute atomic E-state index is 12.4. The van der Waals surface area contributed by atoms with Gasteiger partial charge in [-0.15, -0.1) is 0 Å². The first-order valence-electron chi connectivity index (χ1n) is 10.5. The Bertz CT molecular complexity index is 1020. The number of oxazole rings is 1. The van der Waals surface area contributed by atoms with Crippen LogP contribution in [0.4, 0.5) is 0 Å². The van der Waals surface area contributed by atoms with Crippen molar-refractivity contribution in [1.29, 1.82) is 0 Å². The van der Waals surface area contributed by atoms with Gasteiger partial charge >= 0.3 is 0 Å². The van der Waals surface area contributed by atoms with E-state index < -0.39 is 0 Å². The smallest absolute Gasteiger partial charge is 0.266 e. The largest absolute Gasteiger partial charge is 0.444 e. The summed E-state index contributed by atoms with van der Waals surface area (Å²) in [5.41, 5.74) is 2.82. The van der Waals surface area contributed by atoms with E-state index in [-0.39, 0.29) is 11.6 Å². The van der Waals surface area contributed by atoms with Gasteiger partial charge in [-0.1, -0.05) is 0 Å². The highest BCUT2D eigenvalue weighted by Gasteiger charge is 2.28. The Morgan fingerprint density at radius 2 is 1.93 bits per heavy atom. The molecular formula is C22H25N5O2. The molecular weight excluding hydrogens is 366 g/mol. The van der Waals surface area contributed by atoms with Gasteiger partial charge in [-0.3, -0.25) is 14.7 Å². The summed E-state index contributed by atoms with van der Waals surface area (Å²) < 4.78 is 7.62. The van der Waals surface area contributed by atoms with Crippen LogP contribution < -0.4 is 5.56 Å². The lowest BCUT2D eigenvalue weighted by Crippen LogP contribution is -2.36. The van der Waals surface area contributed by atoms with Crippen LogP contribution >= 0.6 is 0 Å². The van der Waals surface area contributed by atoms with Gasteiger partial charge in [-0.05, 0) is 56.8 Å². The fourth-order valence-electron chi connectivity index (χ4n) is 4.41. The third-order valence-corrected chi connectivity index (χ3v) is 5.95. The first-order chi connectivity index (χ1) is 14.3. The first kappa shape index (κ1) is 18.2. The molecule has 0 bridgehead atoms. The number of pyridine rings is 1. The molecule has 1 aliphatic carbocycles. The van der Waals surface area contributed by atoms with Crippen molar-refractivity contribution in [3.05, 3.63) is 64.4 Å². The average Bonchev–Trinajstić information content (AvgIpc) is 3.36. The van der Waals surface area contributed by atoms with Gasteiger partial charge in [0.2, 0.25) is 5.89 Å². The maximum atomic E-state index is 12.4. The third kappa shape index (κ3) is 3.87. The Morgan fingerprint density at radius 1 is 1.07 bits per heavy atom. The van der Waals surface area contributed by atoms with E-state index >= 15 is 0 Å². The number of hydrogen-bond acceptors (Lipinski definition) is 6. The van der Waals surface area contributed by atoms with Crippen LogP contribution in [-0.4, -0.2) is 37.2 Å². The number of aryl methyl sites for hydroxylation is 2. The van der Waals surface area contributed by atoms with Gasteiger partial charge in [0.1, 0.15) is 5.76 Å². The van der Waals surface area contributed by atoms with Crippen LogP contribution in [0.25, 0.3) is 11.3 Å². The fourth-order valence-corrected chi connectivity index (χ4v) is 4.41. The fraction of sp³-hybridized carbons (Fsp3) is 0.455. The summed E-state index contributed by atoms with van der Waals surface area (Å²) in [5.74, 6) is 1.89. The number of hydrogen-bond donors (Lipinski definition) is 0. The van der Waals surface area contributed by atoms with E-state index in [9.17, 15) is 4.79 Å². The number of fused-ring (bicyclic) bond motifs is 1. The van der Waals surface area contributed by atoms with Gasteiger partial charge < -0.3 is 4.42 Å². The standard InChI is InChI=1S/C22H25N5O2/c28-22-8-7-18(16-9-11-23-12-10-16)25-27(22)14-17-4-3-13-26(17)15-21-24-19-5-1-2-6-20(19)29-21/h7-12,17H,1-6,13-15H2. The van der Waals surface area contributed by atoms with Crippen molar-refractivity contribution in [3.8, 4) is 11.3 Å². The summed E-state index contributed by atoms with van der Waals surface area (Å²) >= 11 is 0. The van der Waals surface area contributed by atoms with Gasteiger partial charge in [-0.25, -0.2) is 9.67 Å². The molecule has 0 aromatic carbocycles. The van der Waals surface area contributed by atoms with Gasteiger partial charge in [0, 0.05) is 36.5 Å². The maximum Gasteiger partial charge on any atom is 0.266 e. The molecule has 1 aliphatic heterocycles. The lowest BCUT2D eigenvalue weighted by molar-refractivity contribution is 0.196. The zero-order valence-electron chi connectivity index (χ0n) is 16.5. The highest BCUT2D eigenvalue weighted by atomic mass is 16.4. The van der Waals surface area contributed by atoms with Crippen LogP contribution in [0.15, 0.2) is 45.9 Å². The first-order valence-corrected chi connectivity index (χ1v) is 10.5. The molecule has 7 heteroatoms. The normalized spacial score (nSPS) is 19.4. The molecule has 0 spiro atoms. The Kier molecular flexibility index (Phi) is 4.97. The minimum atomic E-state index is -0.0683. The van der Waals surface area contributed by atoms with Crippen LogP contribution in [-0.2, 0) is 25.9 Å². The molecule has 3 aromatic heterocycles. The molecule has 0 radical (unpaired) electrons.